The molecule has 1 aliphatic rings. The van der Waals surface area contributed by atoms with Gasteiger partial charge in [0.1, 0.15) is 12.4 Å². The van der Waals surface area contributed by atoms with Crippen molar-refractivity contribution in [2.75, 3.05) is 6.61 Å². The summed E-state index contributed by atoms with van der Waals surface area (Å²) in [6.07, 6.45) is -2.42. The summed E-state index contributed by atoms with van der Waals surface area (Å²) in [4.78, 5) is 23.8. The number of halogens is 3. The zero-order chi connectivity index (χ0) is 21.8. The molecule has 1 aromatic carbocycles. The predicted molar refractivity (Wildman–Crippen MR) is 117 cm³/mol. The van der Waals surface area contributed by atoms with E-state index in [4.69, 9.17) is 53.8 Å². The van der Waals surface area contributed by atoms with E-state index in [0.29, 0.717) is 5.56 Å². The normalized spacial score (nSPS) is 26.1. The summed E-state index contributed by atoms with van der Waals surface area (Å²) in [7, 11) is 0. The lowest BCUT2D eigenvalue weighted by Gasteiger charge is -2.43. The van der Waals surface area contributed by atoms with E-state index >= 15 is 0 Å². The van der Waals surface area contributed by atoms with E-state index in [9.17, 15) is 9.59 Å². The van der Waals surface area contributed by atoms with Gasteiger partial charge in [-0.15, -0.1) is 0 Å². The van der Waals surface area contributed by atoms with Gasteiger partial charge < -0.3 is 25.1 Å². The summed E-state index contributed by atoms with van der Waals surface area (Å²) in [6, 6.07) is 8.53. The molecule has 1 saturated heterocycles. The molecule has 0 saturated carbocycles. The van der Waals surface area contributed by atoms with Crippen molar-refractivity contribution in [3.8, 4) is 0 Å². The molecule has 5 atom stereocenters. The number of alkyl halides is 3. The second-order valence-corrected chi connectivity index (χ2v) is 9.12. The second-order valence-electron chi connectivity index (χ2n) is 6.84. The number of rotatable bonds is 6. The van der Waals surface area contributed by atoms with Gasteiger partial charge in [0.05, 0.1) is 11.7 Å². The van der Waals surface area contributed by atoms with Crippen LogP contribution in [0.4, 0.5) is 0 Å². The number of benzene rings is 1. The lowest BCUT2D eigenvalue weighted by molar-refractivity contribution is -0.263. The summed E-state index contributed by atoms with van der Waals surface area (Å²) >= 11 is 17.5. The van der Waals surface area contributed by atoms with Crippen molar-refractivity contribution in [1.82, 2.24) is 6.15 Å². The van der Waals surface area contributed by atoms with Gasteiger partial charge in [0.2, 0.25) is 10.1 Å². The van der Waals surface area contributed by atoms with Gasteiger partial charge in [-0.05, 0) is 18.1 Å². The molecule has 2 rings (SSSR count). The van der Waals surface area contributed by atoms with Crippen LogP contribution in [0.15, 0.2) is 42.7 Å². The Kier molecular flexibility index (Phi) is 9.91. The molecule has 1 fully saturated rings. The highest BCUT2D eigenvalue weighted by molar-refractivity contribution is 6.69. The summed E-state index contributed by atoms with van der Waals surface area (Å²) in [5, 5.41) is 0. The number of hydrogen-bond acceptors (Lipinski definition) is 7. The Labute approximate surface area is 192 Å². The average Bonchev–Trinajstić information content (AvgIpc) is 2.66. The smallest absolute Gasteiger partial charge is 0.338 e. The maximum Gasteiger partial charge on any atom is 0.338 e. The lowest BCUT2D eigenvalue weighted by Crippen LogP contribution is -2.53. The SMILES string of the molecule is C=C(O[C@H]1OC(COC(C)=O)[C@@H](C)[C@H](C)C1OC(=O)c1ccccc1)C(Cl)(Cl)Cl.N.[HH]. The summed E-state index contributed by atoms with van der Waals surface area (Å²) in [6.45, 7) is 8.72. The first kappa shape index (κ1) is 26.5. The molecule has 30 heavy (non-hydrogen) atoms. The van der Waals surface area contributed by atoms with Crippen LogP contribution in [0.5, 0.6) is 0 Å². The van der Waals surface area contributed by atoms with E-state index in [-0.39, 0.29) is 31.8 Å². The van der Waals surface area contributed by atoms with Crippen LogP contribution in [0.25, 0.3) is 0 Å². The van der Waals surface area contributed by atoms with Crippen LogP contribution < -0.4 is 6.15 Å². The van der Waals surface area contributed by atoms with Gasteiger partial charge in [-0.2, -0.15) is 0 Å². The third-order valence-corrected chi connectivity index (χ3v) is 5.42. The molecule has 170 valence electrons. The maximum absolute atomic E-state index is 12.6. The molecule has 3 N–H and O–H groups in total. The van der Waals surface area contributed by atoms with Crippen molar-refractivity contribution >= 4 is 46.7 Å². The van der Waals surface area contributed by atoms with Gasteiger partial charge >= 0.3 is 11.9 Å². The first-order valence-corrected chi connectivity index (χ1v) is 10.1. The minimum Gasteiger partial charge on any atom is -0.463 e. The van der Waals surface area contributed by atoms with Crippen LogP contribution in [0.1, 0.15) is 32.6 Å². The number of allylic oxidation sites excluding steroid dienone is 1. The molecule has 2 unspecified atom stereocenters. The highest BCUT2D eigenvalue weighted by Gasteiger charge is 2.46. The van der Waals surface area contributed by atoms with Crippen LogP contribution in [0, 0.1) is 11.8 Å². The fourth-order valence-electron chi connectivity index (χ4n) is 2.88. The standard InChI is InChI=1S/C20H23Cl3O6.H3N.H2/c1-11-12(2)17(29-18(25)15-8-6-5-7-9-15)19(27-13(3)20(21,22)23)28-16(11)10-26-14(4)24;;/h5-9,11-12,16-17,19H,3,10H2,1-2,4H3;1H3;1H/t11-,12-,16?,17?,19-;;/m0../s1. The number of carbonyl (C=O) groups excluding carboxylic acids is 2. The highest BCUT2D eigenvalue weighted by Crippen LogP contribution is 2.39. The summed E-state index contributed by atoms with van der Waals surface area (Å²) < 4.78 is 20.4. The molecule has 0 spiro atoms. The van der Waals surface area contributed by atoms with E-state index in [1.807, 2.05) is 13.8 Å². The Hall–Kier alpha value is -1.51. The molecule has 0 aromatic heterocycles. The Morgan fingerprint density at radius 2 is 1.73 bits per heavy atom. The van der Waals surface area contributed by atoms with Gasteiger partial charge in [-0.25, -0.2) is 4.79 Å². The topological polar surface area (TPSA) is 106 Å². The largest absolute Gasteiger partial charge is 0.463 e. The molecular formula is C20H28Cl3NO6. The fourth-order valence-corrected chi connectivity index (χ4v) is 3.01. The third-order valence-electron chi connectivity index (χ3n) is 4.79. The second kappa shape index (κ2) is 11.2. The van der Waals surface area contributed by atoms with E-state index in [0.717, 1.165) is 0 Å². The Balaban J connectivity index is 0.00000450. The first-order valence-electron chi connectivity index (χ1n) is 8.98. The Morgan fingerprint density at radius 3 is 2.27 bits per heavy atom. The fraction of sp³-hybridized carbons (Fsp3) is 0.500. The molecule has 0 amide bonds. The lowest BCUT2D eigenvalue weighted by atomic mass is 9.83. The van der Waals surface area contributed by atoms with Gasteiger partial charge in [0.15, 0.2) is 6.10 Å². The van der Waals surface area contributed by atoms with Gasteiger partial charge in [0.25, 0.3) is 0 Å². The van der Waals surface area contributed by atoms with E-state index < -0.39 is 34.2 Å². The molecule has 0 bridgehead atoms. The van der Waals surface area contributed by atoms with Gasteiger partial charge in [-0.3, -0.25) is 4.79 Å². The van der Waals surface area contributed by atoms with Crippen molar-refractivity contribution in [2.45, 2.75) is 43.1 Å². The molecular weight excluding hydrogens is 457 g/mol. The quantitative estimate of drug-likeness (QED) is 0.341. The Morgan fingerprint density at radius 1 is 1.13 bits per heavy atom. The summed E-state index contributed by atoms with van der Waals surface area (Å²) in [5.74, 6) is -1.49. The number of hydrogen-bond donors (Lipinski definition) is 1. The van der Waals surface area contributed by atoms with E-state index in [2.05, 4.69) is 6.58 Å². The van der Waals surface area contributed by atoms with Gasteiger partial charge in [0, 0.05) is 14.3 Å². The molecule has 1 aromatic rings. The number of ether oxygens (including phenoxy) is 4. The monoisotopic (exact) mass is 483 g/mol. The highest BCUT2D eigenvalue weighted by atomic mass is 35.6. The molecule has 1 heterocycles. The first-order chi connectivity index (χ1) is 13.5. The van der Waals surface area contributed by atoms with Crippen LogP contribution in [-0.4, -0.2) is 40.8 Å². The molecule has 0 aliphatic carbocycles. The molecule has 7 nitrogen and oxygen atoms in total. The van der Waals surface area contributed by atoms with Crippen molar-refractivity contribution in [3.63, 3.8) is 0 Å². The minimum absolute atomic E-state index is 0. The molecule has 1 aliphatic heterocycles. The minimum atomic E-state index is -1.89. The van der Waals surface area contributed by atoms with Crippen LogP contribution in [-0.2, 0) is 23.7 Å². The Bertz CT molecular complexity index is 746. The van der Waals surface area contributed by atoms with Crippen molar-refractivity contribution in [1.29, 1.82) is 0 Å². The van der Waals surface area contributed by atoms with Crippen LogP contribution >= 0.6 is 34.8 Å². The predicted octanol–water partition coefficient (Wildman–Crippen LogP) is 5.08. The molecule has 10 heteroatoms. The van der Waals surface area contributed by atoms with Crippen molar-refractivity contribution < 1.29 is 30.0 Å². The zero-order valence-corrected chi connectivity index (χ0v) is 19.2. The van der Waals surface area contributed by atoms with Crippen LogP contribution in [0.2, 0.25) is 0 Å². The van der Waals surface area contributed by atoms with Crippen molar-refractivity contribution in [3.05, 3.63) is 48.2 Å². The zero-order valence-electron chi connectivity index (χ0n) is 17.0. The average molecular weight is 485 g/mol. The maximum atomic E-state index is 12.6. The van der Waals surface area contributed by atoms with Crippen LogP contribution in [0.3, 0.4) is 0 Å². The van der Waals surface area contributed by atoms with Crippen molar-refractivity contribution in [2.24, 2.45) is 11.8 Å². The van der Waals surface area contributed by atoms with E-state index in [1.165, 1.54) is 6.92 Å². The van der Waals surface area contributed by atoms with E-state index in [1.54, 1.807) is 30.3 Å². The number of carbonyl (C=O) groups is 2. The molecule has 0 radical (unpaired) electrons. The van der Waals surface area contributed by atoms with Gasteiger partial charge in [-0.1, -0.05) is 73.4 Å². The number of esters is 2. The third kappa shape index (κ3) is 7.03. The summed E-state index contributed by atoms with van der Waals surface area (Å²) in [5.41, 5.74) is 0.383.